The second-order valence-corrected chi connectivity index (χ2v) is 12.4. The number of hydroxylamine groups is 3. The molecule has 148 valence electrons. The van der Waals surface area contributed by atoms with Gasteiger partial charge in [0.05, 0.1) is 5.56 Å². The number of likely N-dealkylation sites (tertiary alicyclic amines) is 1. The summed E-state index contributed by atoms with van der Waals surface area (Å²) in [5.74, 6) is -0.440. The zero-order valence-electron chi connectivity index (χ0n) is 16.7. The fraction of sp³-hybridized carbons (Fsp3) is 0.364. The molecule has 0 radical (unpaired) electrons. The van der Waals surface area contributed by atoms with Crippen LogP contribution in [0.1, 0.15) is 49.2 Å². The molecule has 0 spiro atoms. The predicted octanol–water partition coefficient (Wildman–Crippen LogP) is 5.91. The lowest BCUT2D eigenvalue weighted by atomic mass is 9.91. The average Bonchev–Trinajstić information content (AvgIpc) is 2.74. The molecule has 1 heterocycles. The Morgan fingerprint density at radius 3 is 2.11 bits per heavy atom. The maximum Gasteiger partial charge on any atom is 0.385 e. The van der Waals surface area contributed by atoms with Gasteiger partial charge >= 0.3 is 11.8 Å². The molecule has 2 aromatic carbocycles. The lowest BCUT2D eigenvalue weighted by molar-refractivity contribution is -1.00. The predicted molar refractivity (Wildman–Crippen MR) is 113 cm³/mol. The van der Waals surface area contributed by atoms with Gasteiger partial charge in [-0.3, -0.25) is 0 Å². The first-order valence-electron chi connectivity index (χ1n) is 9.90. The Hall–Kier alpha value is -1.79. The van der Waals surface area contributed by atoms with E-state index in [4.69, 9.17) is 16.1 Å². The smallest absolute Gasteiger partial charge is 0.241 e. The van der Waals surface area contributed by atoms with Gasteiger partial charge < -0.3 is 0 Å². The third-order valence-electron chi connectivity index (χ3n) is 6.03. The Bertz CT molecular complexity index is 844. The monoisotopic (exact) mass is 416 g/mol. The number of benzene rings is 2. The zero-order valence-corrected chi connectivity index (χ0v) is 18.4. The first-order chi connectivity index (χ1) is 13.4. The van der Waals surface area contributed by atoms with Crippen molar-refractivity contribution in [2.24, 2.45) is 0 Å². The first-order valence-corrected chi connectivity index (χ1v) is 12.8. The summed E-state index contributed by atoms with van der Waals surface area (Å²) in [5, 5.41) is 0.627. The molecule has 4 nitrogen and oxygen atoms in total. The second-order valence-electron chi connectivity index (χ2n) is 7.33. The molecule has 2 unspecified atom stereocenters. The highest BCUT2D eigenvalue weighted by atomic mass is 35.5. The molecule has 28 heavy (non-hydrogen) atoms. The minimum Gasteiger partial charge on any atom is -0.241 e. The Morgan fingerprint density at radius 1 is 1.04 bits per heavy atom. The third kappa shape index (κ3) is 3.48. The minimum absolute atomic E-state index is 0.166. The van der Waals surface area contributed by atoms with Crippen LogP contribution in [0.4, 0.5) is 0 Å². The van der Waals surface area contributed by atoms with Crippen LogP contribution in [0.15, 0.2) is 54.6 Å². The molecule has 0 aromatic heterocycles. The number of hydrogen-bond acceptors (Lipinski definition) is 3. The molecular weight excluding hydrogens is 390 g/mol. The van der Waals surface area contributed by atoms with Gasteiger partial charge in [0, 0.05) is 10.6 Å². The van der Waals surface area contributed by atoms with Crippen LogP contribution in [0.3, 0.4) is 0 Å². The molecule has 2 aromatic rings. The number of amides is 2. The van der Waals surface area contributed by atoms with Crippen LogP contribution >= 0.6 is 11.6 Å². The van der Waals surface area contributed by atoms with Crippen molar-refractivity contribution in [2.45, 2.75) is 51.4 Å². The van der Waals surface area contributed by atoms with Gasteiger partial charge in [0.15, 0.2) is 6.04 Å². The van der Waals surface area contributed by atoms with E-state index in [0.29, 0.717) is 17.0 Å². The summed E-state index contributed by atoms with van der Waals surface area (Å²) in [6.07, 6.45) is 0.293. The van der Waals surface area contributed by atoms with Gasteiger partial charge in [0.2, 0.25) is 0 Å². The number of halogens is 1. The van der Waals surface area contributed by atoms with E-state index in [1.807, 2.05) is 30.3 Å². The van der Waals surface area contributed by atoms with E-state index in [2.05, 4.69) is 20.8 Å². The van der Waals surface area contributed by atoms with Gasteiger partial charge in [-0.05, 0) is 42.4 Å². The molecule has 1 aliphatic heterocycles. The van der Waals surface area contributed by atoms with Crippen LogP contribution in [0.5, 0.6) is 0 Å². The Morgan fingerprint density at radius 2 is 1.61 bits per heavy atom. The number of carbonyl (C=O) groups excluding carboxylic acids is 2. The lowest BCUT2D eigenvalue weighted by Crippen LogP contribution is -2.70. The maximum atomic E-state index is 13.7. The SMILES string of the molecule is CC[Si](CC)(CC)O[N+]1(C(=O)c2ccccc2)C(=O)CC1c1ccc(Cl)cc1. The lowest BCUT2D eigenvalue weighted by Gasteiger charge is -2.48. The molecule has 6 heteroatoms. The van der Waals surface area contributed by atoms with Crippen molar-refractivity contribution in [2.75, 3.05) is 0 Å². The number of rotatable bonds is 7. The summed E-state index contributed by atoms with van der Waals surface area (Å²) in [4.78, 5) is 26.7. The van der Waals surface area contributed by atoms with Crippen LogP contribution in [0.2, 0.25) is 23.2 Å². The molecule has 0 N–H and O–H groups in total. The normalized spacial score (nSPS) is 22.0. The minimum atomic E-state index is -2.24. The third-order valence-corrected chi connectivity index (χ3v) is 10.8. The summed E-state index contributed by atoms with van der Waals surface area (Å²) >= 11 is 6.05. The highest BCUT2D eigenvalue weighted by Gasteiger charge is 2.66. The van der Waals surface area contributed by atoms with Crippen LogP contribution < -0.4 is 0 Å². The highest BCUT2D eigenvalue weighted by molar-refractivity contribution is 6.73. The quantitative estimate of drug-likeness (QED) is 0.244. The van der Waals surface area contributed by atoms with Crippen LogP contribution in [0.25, 0.3) is 0 Å². The van der Waals surface area contributed by atoms with E-state index in [-0.39, 0.29) is 17.9 Å². The average molecular weight is 417 g/mol. The summed E-state index contributed by atoms with van der Waals surface area (Å²) in [5.41, 5.74) is 1.40. The van der Waals surface area contributed by atoms with E-state index in [1.54, 1.807) is 24.3 Å². The van der Waals surface area contributed by atoms with Crippen LogP contribution in [-0.4, -0.2) is 24.8 Å². The summed E-state index contributed by atoms with van der Waals surface area (Å²) in [6.45, 7) is 6.30. The van der Waals surface area contributed by atoms with Gasteiger partial charge in [-0.25, -0.2) is 14.1 Å². The fourth-order valence-corrected chi connectivity index (χ4v) is 6.87. The number of hydrogen-bond donors (Lipinski definition) is 0. The molecule has 1 aliphatic rings. The molecule has 0 aliphatic carbocycles. The number of imide groups is 1. The number of nitrogens with zero attached hydrogens (tertiary/aromatic N) is 1. The van der Waals surface area contributed by atoms with Crippen molar-refractivity contribution in [3.05, 3.63) is 70.7 Å². The van der Waals surface area contributed by atoms with E-state index in [0.717, 1.165) is 23.7 Å². The van der Waals surface area contributed by atoms with Gasteiger partial charge in [-0.15, -0.1) is 0 Å². The maximum absolute atomic E-state index is 13.7. The molecule has 0 saturated carbocycles. The molecule has 2 atom stereocenters. The second kappa shape index (κ2) is 8.29. The van der Waals surface area contributed by atoms with Crippen molar-refractivity contribution < 1.29 is 18.8 Å². The summed E-state index contributed by atoms with van der Waals surface area (Å²) in [6, 6.07) is 18.6. The molecule has 3 rings (SSSR count). The van der Waals surface area contributed by atoms with Gasteiger partial charge in [-0.1, -0.05) is 67.4 Å². The van der Waals surface area contributed by atoms with Crippen molar-refractivity contribution in [3.63, 3.8) is 0 Å². The van der Waals surface area contributed by atoms with Crippen LogP contribution in [-0.2, 0) is 9.32 Å². The van der Waals surface area contributed by atoms with E-state index in [1.165, 1.54) is 0 Å². The standard InChI is InChI=1S/C22H27ClNO3Si/c1-4-28(5-2,6-3)27-24(22(26)18-10-8-7-9-11-18)20(16-21(24)25)17-12-14-19(23)15-13-17/h7-15,20H,4-6,16H2,1-3H3/q+1. The van der Waals surface area contributed by atoms with Gasteiger partial charge in [0.1, 0.15) is 6.42 Å². The van der Waals surface area contributed by atoms with E-state index < -0.39 is 13.0 Å². The number of carbonyl (C=O) groups is 2. The van der Waals surface area contributed by atoms with E-state index in [9.17, 15) is 9.59 Å². The van der Waals surface area contributed by atoms with E-state index >= 15 is 0 Å². The molecule has 1 fully saturated rings. The number of β-lactam (4-membered cyclic amide) rings is 1. The molecule has 2 amide bonds. The summed E-state index contributed by atoms with van der Waals surface area (Å²) < 4.78 is 6.13. The topological polar surface area (TPSA) is 43.4 Å². The van der Waals surface area contributed by atoms with Gasteiger partial charge in [0.25, 0.3) is 8.32 Å². The summed E-state index contributed by atoms with van der Waals surface area (Å²) in [7, 11) is -2.24. The van der Waals surface area contributed by atoms with Crippen molar-refractivity contribution >= 4 is 31.7 Å². The van der Waals surface area contributed by atoms with Crippen molar-refractivity contribution in [3.8, 4) is 0 Å². The molecule has 0 bridgehead atoms. The number of quaternary nitrogens is 1. The van der Waals surface area contributed by atoms with Gasteiger partial charge in [-0.2, -0.15) is 0 Å². The molecule has 1 saturated heterocycles. The first kappa shape index (κ1) is 20.9. The largest absolute Gasteiger partial charge is 0.385 e. The zero-order chi connectivity index (χ0) is 20.4. The Labute approximate surface area is 172 Å². The Balaban J connectivity index is 2.11. The van der Waals surface area contributed by atoms with Crippen molar-refractivity contribution in [1.82, 2.24) is 0 Å². The molecular formula is C22H27ClNO3Si+. The fourth-order valence-electron chi connectivity index (χ4n) is 3.94. The van der Waals surface area contributed by atoms with Crippen molar-refractivity contribution in [1.29, 1.82) is 0 Å². The highest BCUT2D eigenvalue weighted by Crippen LogP contribution is 2.47. The Kier molecular flexibility index (Phi) is 6.20. The van der Waals surface area contributed by atoms with Crippen LogP contribution in [0, 0.1) is 0 Å².